The molecule has 0 fully saturated rings. The van der Waals surface area contributed by atoms with Gasteiger partial charge in [-0.15, -0.1) is 0 Å². The molecule has 0 saturated heterocycles. The Morgan fingerprint density at radius 3 is 1.76 bits per heavy atom. The zero-order chi connectivity index (χ0) is 23.5. The van der Waals surface area contributed by atoms with Gasteiger partial charge >= 0.3 is 211 Å². The molecule has 0 bridgehead atoms. The fourth-order valence-corrected chi connectivity index (χ4v) is 23.7. The summed E-state index contributed by atoms with van der Waals surface area (Å²) in [5, 5.41) is 0. The van der Waals surface area contributed by atoms with Gasteiger partial charge < -0.3 is 0 Å². The van der Waals surface area contributed by atoms with Crippen molar-refractivity contribution in [2.24, 2.45) is 0 Å². The van der Waals surface area contributed by atoms with E-state index in [0.717, 1.165) is 0 Å². The van der Waals surface area contributed by atoms with Gasteiger partial charge in [-0.25, -0.2) is 0 Å². The Morgan fingerprint density at radius 2 is 1.15 bits per heavy atom. The number of halogens is 2. The van der Waals surface area contributed by atoms with E-state index in [-0.39, 0.29) is 7.25 Å². The summed E-state index contributed by atoms with van der Waals surface area (Å²) in [7, 11) is 16.1. The maximum atomic E-state index is 8.05. The predicted molar refractivity (Wildman–Crippen MR) is 145 cm³/mol. The van der Waals surface area contributed by atoms with Crippen LogP contribution in [0.15, 0.2) is 103 Å². The Balaban J connectivity index is 1.61. The molecule has 1 atom stereocenters. The first-order chi connectivity index (χ1) is 16.4. The number of allylic oxidation sites excluding steroid dienone is 1. The third-order valence-corrected chi connectivity index (χ3v) is 27.1. The molecule has 3 heteroatoms. The minimum atomic E-state index is -4.74. The van der Waals surface area contributed by atoms with Crippen LogP contribution in [0.3, 0.4) is 0 Å². The van der Waals surface area contributed by atoms with Crippen LogP contribution in [0.25, 0.3) is 28.3 Å². The number of rotatable bonds is 3. The van der Waals surface area contributed by atoms with E-state index in [2.05, 4.69) is 121 Å². The van der Waals surface area contributed by atoms with Crippen molar-refractivity contribution in [3.05, 3.63) is 125 Å². The molecule has 1 unspecified atom stereocenters. The van der Waals surface area contributed by atoms with Crippen LogP contribution in [-0.2, 0) is 15.9 Å². The van der Waals surface area contributed by atoms with Crippen molar-refractivity contribution in [2.75, 3.05) is 0 Å². The van der Waals surface area contributed by atoms with Crippen molar-refractivity contribution in [2.45, 2.75) is 21.1 Å². The molecule has 2 aliphatic carbocycles. The second-order valence-electron chi connectivity index (χ2n) is 9.62. The van der Waals surface area contributed by atoms with Gasteiger partial charge in [0.25, 0.3) is 0 Å². The van der Waals surface area contributed by atoms with Crippen LogP contribution in [0.5, 0.6) is 0 Å². The summed E-state index contributed by atoms with van der Waals surface area (Å²) >= 11 is -4.74. The summed E-state index contributed by atoms with van der Waals surface area (Å²) in [6.07, 6.45) is 2.33. The number of fused-ring (bicyclic) bond motifs is 4. The number of hydrogen-bond acceptors (Lipinski definition) is 0. The summed E-state index contributed by atoms with van der Waals surface area (Å²) in [5.41, 5.74) is 11.4. The zero-order valence-corrected chi connectivity index (χ0v) is 23.3. The van der Waals surface area contributed by atoms with E-state index in [1.807, 2.05) is 0 Å². The molecular formula is C31H26Cl2Zr. The molecule has 0 saturated carbocycles. The van der Waals surface area contributed by atoms with Crippen LogP contribution >= 0.6 is 17.0 Å². The van der Waals surface area contributed by atoms with Crippen LogP contribution in [0, 0.1) is 0 Å². The molecule has 4 aromatic rings. The van der Waals surface area contributed by atoms with Crippen LogP contribution in [0.2, 0.25) is 0 Å². The van der Waals surface area contributed by atoms with Crippen molar-refractivity contribution in [1.29, 1.82) is 0 Å². The van der Waals surface area contributed by atoms with Gasteiger partial charge in [0.15, 0.2) is 0 Å². The van der Waals surface area contributed by atoms with E-state index < -0.39 is 15.9 Å². The van der Waals surface area contributed by atoms with E-state index >= 15 is 0 Å². The second kappa shape index (κ2) is 7.99. The molecular weight excluding hydrogens is 534 g/mol. The molecule has 0 nitrogen and oxygen atoms in total. The van der Waals surface area contributed by atoms with Gasteiger partial charge in [0.2, 0.25) is 0 Å². The van der Waals surface area contributed by atoms with E-state index in [4.69, 9.17) is 17.0 Å². The fourth-order valence-electron chi connectivity index (χ4n) is 6.40. The van der Waals surface area contributed by atoms with E-state index in [1.54, 1.807) is 0 Å². The van der Waals surface area contributed by atoms with Crippen LogP contribution in [0.4, 0.5) is 0 Å². The van der Waals surface area contributed by atoms with Gasteiger partial charge in [-0.3, -0.25) is 0 Å². The van der Waals surface area contributed by atoms with Crippen molar-refractivity contribution in [3.63, 3.8) is 0 Å². The summed E-state index contributed by atoms with van der Waals surface area (Å²) in [4.78, 5) is 0. The summed E-state index contributed by atoms with van der Waals surface area (Å²) in [5.74, 6) is 0. The molecule has 0 heterocycles. The van der Waals surface area contributed by atoms with Crippen molar-refractivity contribution in [3.8, 4) is 22.3 Å². The quantitative estimate of drug-likeness (QED) is 0.234. The van der Waals surface area contributed by atoms with Crippen LogP contribution in [0.1, 0.15) is 43.4 Å². The second-order valence-corrected chi connectivity index (χ2v) is 31.0. The molecule has 2 aliphatic rings. The van der Waals surface area contributed by atoms with Crippen molar-refractivity contribution < 1.29 is 15.9 Å². The molecule has 0 aromatic heterocycles. The Bertz CT molecular complexity index is 1490. The molecule has 6 rings (SSSR count). The molecule has 4 aromatic carbocycles. The maximum absolute atomic E-state index is 8.05. The van der Waals surface area contributed by atoms with Crippen molar-refractivity contribution in [1.82, 2.24) is 0 Å². The summed E-state index contributed by atoms with van der Waals surface area (Å²) in [6, 6.07) is 34.6. The van der Waals surface area contributed by atoms with Gasteiger partial charge in [-0.1, -0.05) is 0 Å². The molecule has 0 radical (unpaired) electrons. The van der Waals surface area contributed by atoms with Gasteiger partial charge in [-0.05, 0) is 0 Å². The Hall–Kier alpha value is -2.05. The SMILES string of the molecule is C[CH]=[Zr]([Cl])([Cl])([CH]1C(C)=Cc2c(-c3ccccc3)cccc21)[CH]1c2ccccc2-c2ccccc21. The molecule has 0 aliphatic heterocycles. The third-order valence-electron chi connectivity index (χ3n) is 7.85. The molecule has 0 spiro atoms. The average Bonchev–Trinajstić information content (AvgIpc) is 3.40. The van der Waals surface area contributed by atoms with Gasteiger partial charge in [0, 0.05) is 0 Å². The topological polar surface area (TPSA) is 0 Å². The monoisotopic (exact) mass is 558 g/mol. The van der Waals surface area contributed by atoms with Crippen LogP contribution in [-0.4, -0.2) is 3.71 Å². The third kappa shape index (κ3) is 3.10. The standard InChI is InChI=1S/C16H13.C13H9.C2H4.2ClH.Zr/c1-12-10-14-8-5-9-15(16(14)11-12)13-6-3-2-4-7-13;1-3-7-12-10(5-1)9-11-6-2-4-8-13(11)12;1-2;;;/h2-11H,1H3;1-9H;1H,2H3;2*1H;/q;;;;;+2/p-2. The number of benzene rings is 4. The number of hydrogen-bond donors (Lipinski definition) is 0. The predicted octanol–water partition coefficient (Wildman–Crippen LogP) is 9.40. The Morgan fingerprint density at radius 1 is 0.618 bits per heavy atom. The van der Waals surface area contributed by atoms with Crippen LogP contribution < -0.4 is 0 Å². The van der Waals surface area contributed by atoms with Gasteiger partial charge in [0.05, 0.1) is 0 Å². The molecule has 34 heavy (non-hydrogen) atoms. The van der Waals surface area contributed by atoms with E-state index in [9.17, 15) is 0 Å². The van der Waals surface area contributed by atoms with Gasteiger partial charge in [-0.2, -0.15) is 0 Å². The molecule has 168 valence electrons. The minimum absolute atomic E-state index is 0.0156. The van der Waals surface area contributed by atoms with Gasteiger partial charge in [0.1, 0.15) is 0 Å². The Labute approximate surface area is 209 Å². The summed E-state index contributed by atoms with van der Waals surface area (Å²) in [6.45, 7) is 4.31. The molecule has 0 amide bonds. The van der Waals surface area contributed by atoms with Crippen molar-refractivity contribution >= 4 is 26.8 Å². The first-order valence-corrected chi connectivity index (χ1v) is 22.5. The van der Waals surface area contributed by atoms with E-state index in [0.29, 0.717) is 0 Å². The normalized spacial score (nSPS) is 17.1. The molecule has 0 N–H and O–H groups in total. The summed E-state index contributed by atoms with van der Waals surface area (Å²) < 4.78 is 2.28. The van der Waals surface area contributed by atoms with E-state index in [1.165, 1.54) is 50.1 Å². The average molecular weight is 561 g/mol. The first-order valence-electron chi connectivity index (χ1n) is 11.9. The fraction of sp³-hybridized carbons (Fsp3) is 0.129. The first kappa shape index (κ1) is 22.4. The Kier molecular flexibility index (Phi) is 5.27. The zero-order valence-electron chi connectivity index (χ0n) is 19.3.